The summed E-state index contributed by atoms with van der Waals surface area (Å²) in [6, 6.07) is 8.74. The van der Waals surface area contributed by atoms with Crippen LogP contribution in [-0.2, 0) is 23.7 Å². The van der Waals surface area contributed by atoms with Crippen LogP contribution in [0.4, 0.5) is 17.6 Å². The molecule has 4 rings (SSSR count). The van der Waals surface area contributed by atoms with Crippen molar-refractivity contribution in [3.05, 3.63) is 71.7 Å². The minimum absolute atomic E-state index is 0.0100. The molecule has 1 aliphatic heterocycles. The van der Waals surface area contributed by atoms with Crippen LogP contribution in [0, 0.1) is 17.1 Å². The summed E-state index contributed by atoms with van der Waals surface area (Å²) in [6.45, 7) is 1.92. The average Bonchev–Trinajstić information content (AvgIpc) is 3.20. The van der Waals surface area contributed by atoms with E-state index in [-0.39, 0.29) is 27.4 Å². The maximum absolute atomic E-state index is 13.3. The third-order valence-electron chi connectivity index (χ3n) is 5.99. The molecule has 0 bridgehead atoms. The zero-order valence-corrected chi connectivity index (χ0v) is 22.7. The summed E-state index contributed by atoms with van der Waals surface area (Å²) in [5.74, 6) is -1.58. The van der Waals surface area contributed by atoms with Crippen molar-refractivity contribution >= 4 is 39.4 Å². The Morgan fingerprint density at radius 3 is 2.53 bits per heavy atom. The highest BCUT2D eigenvalue weighted by Crippen LogP contribution is 2.34. The van der Waals surface area contributed by atoms with Gasteiger partial charge in [0, 0.05) is 27.9 Å². The van der Waals surface area contributed by atoms with Gasteiger partial charge in [-0.1, -0.05) is 28.7 Å². The van der Waals surface area contributed by atoms with Gasteiger partial charge < -0.3 is 5.73 Å². The number of alkyl halides is 4. The summed E-state index contributed by atoms with van der Waals surface area (Å²) in [5.41, 5.74) is 8.03. The first-order chi connectivity index (χ1) is 18.0. The molecule has 3 heterocycles. The van der Waals surface area contributed by atoms with Gasteiger partial charge in [0.25, 0.3) is 0 Å². The van der Waals surface area contributed by atoms with Gasteiger partial charge in [0.05, 0.1) is 30.4 Å². The molecule has 0 amide bonds. The number of aromatic nitrogens is 3. The third kappa shape index (κ3) is 6.00. The first-order valence-corrected chi connectivity index (χ1v) is 13.5. The second-order valence-electron chi connectivity index (χ2n) is 8.45. The number of halogens is 5. The number of nitrogens with zero attached hydrogens (tertiary/aromatic N) is 6. The van der Waals surface area contributed by atoms with E-state index >= 15 is 0 Å². The zero-order valence-electron chi connectivity index (χ0n) is 19.7. The monoisotopic (exact) mass is 657 g/mol. The Hall–Kier alpha value is -3.03. The Bertz CT molecular complexity index is 1410. The van der Waals surface area contributed by atoms with Gasteiger partial charge in [0.2, 0.25) is 5.82 Å². The van der Waals surface area contributed by atoms with Crippen LogP contribution in [0.25, 0.3) is 11.1 Å². The maximum atomic E-state index is 13.3. The molecule has 198 valence electrons. The van der Waals surface area contributed by atoms with E-state index in [2.05, 4.69) is 48.6 Å². The topological polar surface area (TPSA) is 121 Å². The van der Waals surface area contributed by atoms with Crippen molar-refractivity contribution in [3.63, 3.8) is 0 Å². The smallest absolute Gasteiger partial charge is 0.386 e. The summed E-state index contributed by atoms with van der Waals surface area (Å²) >= 11 is 2.26. The molecular weight excluding hydrogens is 637 g/mol. The van der Waals surface area contributed by atoms with E-state index < -0.39 is 34.8 Å². The third-order valence-corrected chi connectivity index (χ3v) is 9.11. The normalized spacial score (nSPS) is 21.3. The van der Waals surface area contributed by atoms with Crippen molar-refractivity contribution in [3.8, 4) is 17.2 Å². The Balaban J connectivity index is 1.59. The summed E-state index contributed by atoms with van der Waals surface area (Å²) in [6.07, 6.45) is -0.955. The summed E-state index contributed by atoms with van der Waals surface area (Å²) in [4.78, 5) is 15.2. The Morgan fingerprint density at radius 2 is 1.92 bits per heavy atom. The number of rotatable bonds is 6. The lowest BCUT2D eigenvalue weighted by Gasteiger charge is -2.26. The molecule has 1 aliphatic rings. The van der Waals surface area contributed by atoms with Crippen LogP contribution in [0.2, 0.25) is 0 Å². The largest absolute Gasteiger partial charge is 0.451 e. The molecule has 1 saturated heterocycles. The Labute approximate surface area is 231 Å². The van der Waals surface area contributed by atoms with Crippen molar-refractivity contribution < 1.29 is 21.8 Å². The molecule has 38 heavy (non-hydrogen) atoms. The lowest BCUT2D eigenvalue weighted by atomic mass is 10.0. The van der Waals surface area contributed by atoms with Crippen molar-refractivity contribution in [1.29, 1.82) is 5.26 Å². The second kappa shape index (κ2) is 11.4. The highest BCUT2D eigenvalue weighted by atomic mass is 127. The standard InChI is InChI=1S/C24H20F4IN7OS/c1-13-19(29)7-20(36(13)38(37)21-5-4-18(25)12-32-21)22(31)33-9-16-6-14(2-3-15(16)8-30)17-10-34-23(35-11-17)24(26,27)28/h2-6,10-13,19-20H,7,9H2,1H3,(H2,31,33)/t13-,19+,20-,38?/m0/s1. The highest BCUT2D eigenvalue weighted by molar-refractivity contribution is 14.1. The first kappa shape index (κ1) is 28.0. The number of amidine groups is 1. The van der Waals surface area contributed by atoms with Gasteiger partial charge in [-0.2, -0.15) is 18.4 Å². The van der Waals surface area contributed by atoms with Crippen LogP contribution >= 0.6 is 22.6 Å². The molecule has 1 aromatic carbocycles. The van der Waals surface area contributed by atoms with E-state index in [0.29, 0.717) is 28.7 Å². The van der Waals surface area contributed by atoms with Crippen LogP contribution in [0.15, 0.2) is 58.9 Å². The van der Waals surface area contributed by atoms with Crippen molar-refractivity contribution in [1.82, 2.24) is 19.3 Å². The zero-order chi connectivity index (χ0) is 27.6. The SMILES string of the molecule is C[C@H]1[C@H](I)C[C@@H](C(N)=NCc2cc(-c3cnc(C(F)(F)F)nc3)ccc2C#N)N1S(=O)c1ccc(F)cn1. The van der Waals surface area contributed by atoms with Crippen LogP contribution in [-0.4, -0.2) is 45.3 Å². The number of pyridine rings is 1. The van der Waals surface area contributed by atoms with Crippen LogP contribution in [0.3, 0.4) is 0 Å². The molecule has 14 heteroatoms. The molecule has 0 radical (unpaired) electrons. The van der Waals surface area contributed by atoms with E-state index in [1.807, 2.05) is 6.92 Å². The van der Waals surface area contributed by atoms with Crippen LogP contribution in [0.5, 0.6) is 0 Å². The minimum atomic E-state index is -4.65. The van der Waals surface area contributed by atoms with Crippen LogP contribution in [0.1, 0.15) is 30.3 Å². The van der Waals surface area contributed by atoms with Gasteiger partial charge in [-0.05, 0) is 48.7 Å². The van der Waals surface area contributed by atoms with Gasteiger partial charge >= 0.3 is 6.18 Å². The summed E-state index contributed by atoms with van der Waals surface area (Å²) in [5, 5.41) is 9.74. The van der Waals surface area contributed by atoms with E-state index in [1.54, 1.807) is 16.4 Å². The Morgan fingerprint density at radius 1 is 1.21 bits per heavy atom. The summed E-state index contributed by atoms with van der Waals surface area (Å²) in [7, 11) is -1.72. The van der Waals surface area contributed by atoms with Gasteiger partial charge in [-0.3, -0.25) is 4.99 Å². The van der Waals surface area contributed by atoms with Crippen LogP contribution < -0.4 is 5.73 Å². The molecule has 1 unspecified atom stereocenters. The first-order valence-electron chi connectivity index (χ1n) is 11.2. The predicted molar refractivity (Wildman–Crippen MR) is 141 cm³/mol. The number of aliphatic imine (C=N–C) groups is 1. The van der Waals surface area contributed by atoms with E-state index in [9.17, 15) is 27.0 Å². The van der Waals surface area contributed by atoms with Gasteiger partial charge in [0.1, 0.15) is 27.7 Å². The predicted octanol–water partition coefficient (Wildman–Crippen LogP) is 4.41. The molecule has 0 aliphatic carbocycles. The van der Waals surface area contributed by atoms with E-state index in [0.717, 1.165) is 18.6 Å². The fourth-order valence-electron chi connectivity index (χ4n) is 3.97. The fourth-order valence-corrected chi connectivity index (χ4v) is 6.43. The second-order valence-corrected chi connectivity index (χ2v) is 11.4. The fraction of sp³-hybridized carbons (Fsp3) is 0.292. The average molecular weight is 657 g/mol. The van der Waals surface area contributed by atoms with E-state index in [4.69, 9.17) is 5.73 Å². The number of hydrogen-bond acceptors (Lipinski definition) is 6. The maximum Gasteiger partial charge on any atom is 0.451 e. The number of hydrogen-bond donors (Lipinski definition) is 1. The molecule has 4 atom stereocenters. The van der Waals surface area contributed by atoms with Gasteiger partial charge in [-0.25, -0.2) is 27.9 Å². The molecule has 3 aromatic rings. The lowest BCUT2D eigenvalue weighted by Crippen LogP contribution is -2.44. The Kier molecular flexibility index (Phi) is 8.38. The number of nitrogens with two attached hydrogens (primary N) is 1. The van der Waals surface area contributed by atoms with Gasteiger partial charge in [0.15, 0.2) is 0 Å². The molecule has 1 fully saturated rings. The molecule has 0 spiro atoms. The molecule has 2 N–H and O–H groups in total. The number of benzene rings is 1. The quantitative estimate of drug-likeness (QED) is 0.138. The van der Waals surface area contributed by atoms with E-state index in [1.165, 1.54) is 18.2 Å². The lowest BCUT2D eigenvalue weighted by molar-refractivity contribution is -0.144. The van der Waals surface area contributed by atoms with Crippen molar-refractivity contribution in [2.24, 2.45) is 10.7 Å². The molecular formula is C24H20F4IN7OS. The molecule has 8 nitrogen and oxygen atoms in total. The van der Waals surface area contributed by atoms with Crippen molar-refractivity contribution in [2.75, 3.05) is 0 Å². The minimum Gasteiger partial charge on any atom is -0.386 e. The summed E-state index contributed by atoms with van der Waals surface area (Å²) < 4.78 is 66.8. The molecule has 0 saturated carbocycles. The van der Waals surface area contributed by atoms with Crippen molar-refractivity contribution in [2.45, 2.75) is 47.1 Å². The number of nitriles is 1. The van der Waals surface area contributed by atoms with Gasteiger partial charge in [-0.15, -0.1) is 0 Å². The highest BCUT2D eigenvalue weighted by Gasteiger charge is 2.43. The molecule has 2 aromatic heterocycles.